The van der Waals surface area contributed by atoms with Crippen LogP contribution in [0.25, 0.3) is 10.9 Å². The Kier molecular flexibility index (Phi) is 2.43. The standard InChI is InChI=1S/C11H12N2O2/c1-15-11(14)10-5-8-7(6-12)3-2-4-9(8)13-10/h2-5,13H,6,12H2,1H3. The van der Waals surface area contributed by atoms with E-state index in [1.54, 1.807) is 6.07 Å². The first-order valence-electron chi connectivity index (χ1n) is 4.65. The molecule has 78 valence electrons. The van der Waals surface area contributed by atoms with Crippen molar-refractivity contribution in [1.82, 2.24) is 4.98 Å². The third-order valence-corrected chi connectivity index (χ3v) is 2.38. The van der Waals surface area contributed by atoms with E-state index >= 15 is 0 Å². The molecule has 1 aromatic carbocycles. The van der Waals surface area contributed by atoms with Gasteiger partial charge in [0.15, 0.2) is 0 Å². The summed E-state index contributed by atoms with van der Waals surface area (Å²) in [5.41, 5.74) is 7.97. The van der Waals surface area contributed by atoms with E-state index in [4.69, 9.17) is 5.73 Å². The normalized spacial score (nSPS) is 10.5. The summed E-state index contributed by atoms with van der Waals surface area (Å²) < 4.78 is 4.64. The first kappa shape index (κ1) is 9.73. The second-order valence-corrected chi connectivity index (χ2v) is 3.26. The fourth-order valence-electron chi connectivity index (χ4n) is 1.62. The fraction of sp³-hybridized carbons (Fsp3) is 0.182. The van der Waals surface area contributed by atoms with Crippen LogP contribution in [0.3, 0.4) is 0 Å². The number of carbonyl (C=O) groups excluding carboxylic acids is 1. The number of nitrogens with one attached hydrogen (secondary N) is 1. The van der Waals surface area contributed by atoms with Gasteiger partial charge in [-0.15, -0.1) is 0 Å². The summed E-state index contributed by atoms with van der Waals surface area (Å²) in [4.78, 5) is 14.3. The summed E-state index contributed by atoms with van der Waals surface area (Å²) in [6, 6.07) is 7.52. The molecule has 0 atom stereocenters. The minimum atomic E-state index is -0.367. The summed E-state index contributed by atoms with van der Waals surface area (Å²) >= 11 is 0. The molecule has 0 saturated heterocycles. The molecule has 0 aliphatic carbocycles. The number of hydrogen-bond donors (Lipinski definition) is 2. The second-order valence-electron chi connectivity index (χ2n) is 3.26. The zero-order valence-electron chi connectivity index (χ0n) is 8.41. The third kappa shape index (κ3) is 1.59. The number of H-pyrrole nitrogens is 1. The van der Waals surface area contributed by atoms with Gasteiger partial charge in [0.05, 0.1) is 7.11 Å². The second kappa shape index (κ2) is 3.74. The average molecular weight is 204 g/mol. The molecule has 3 N–H and O–H groups in total. The number of fused-ring (bicyclic) bond motifs is 1. The average Bonchev–Trinajstić information content (AvgIpc) is 2.71. The summed E-state index contributed by atoms with van der Waals surface area (Å²) in [6.45, 7) is 0.454. The number of methoxy groups -OCH3 is 1. The van der Waals surface area contributed by atoms with Gasteiger partial charge in [-0.1, -0.05) is 12.1 Å². The maximum Gasteiger partial charge on any atom is 0.354 e. The van der Waals surface area contributed by atoms with E-state index in [1.165, 1.54) is 7.11 Å². The van der Waals surface area contributed by atoms with Crippen LogP contribution in [0.5, 0.6) is 0 Å². The van der Waals surface area contributed by atoms with Gasteiger partial charge in [0.1, 0.15) is 5.69 Å². The van der Waals surface area contributed by atoms with Crippen LogP contribution in [-0.4, -0.2) is 18.1 Å². The summed E-state index contributed by atoms with van der Waals surface area (Å²) in [6.07, 6.45) is 0. The van der Waals surface area contributed by atoms with Crippen LogP contribution >= 0.6 is 0 Å². The Morgan fingerprint density at radius 2 is 2.33 bits per heavy atom. The summed E-state index contributed by atoms with van der Waals surface area (Å²) in [5.74, 6) is -0.367. The zero-order valence-corrected chi connectivity index (χ0v) is 8.41. The molecule has 0 unspecified atom stereocenters. The van der Waals surface area contributed by atoms with E-state index in [0.29, 0.717) is 12.2 Å². The van der Waals surface area contributed by atoms with Crippen molar-refractivity contribution in [2.75, 3.05) is 7.11 Å². The first-order chi connectivity index (χ1) is 7.26. The molecular weight excluding hydrogens is 192 g/mol. The Labute approximate surface area is 87.0 Å². The fourth-order valence-corrected chi connectivity index (χ4v) is 1.62. The van der Waals surface area contributed by atoms with Crippen LogP contribution < -0.4 is 5.73 Å². The van der Waals surface area contributed by atoms with E-state index < -0.39 is 0 Å². The van der Waals surface area contributed by atoms with Crippen LogP contribution in [0.4, 0.5) is 0 Å². The van der Waals surface area contributed by atoms with Gasteiger partial charge in [-0.2, -0.15) is 0 Å². The van der Waals surface area contributed by atoms with Crippen molar-refractivity contribution < 1.29 is 9.53 Å². The SMILES string of the molecule is COC(=O)c1cc2c(CN)cccc2[nH]1. The lowest BCUT2D eigenvalue weighted by Crippen LogP contribution is -2.00. The molecule has 0 amide bonds. The Bertz CT molecular complexity index is 502. The number of esters is 1. The highest BCUT2D eigenvalue weighted by atomic mass is 16.5. The van der Waals surface area contributed by atoms with Crippen molar-refractivity contribution in [2.45, 2.75) is 6.54 Å². The number of benzene rings is 1. The van der Waals surface area contributed by atoms with Gasteiger partial charge in [0, 0.05) is 17.4 Å². The van der Waals surface area contributed by atoms with Crippen LogP contribution in [0.2, 0.25) is 0 Å². The van der Waals surface area contributed by atoms with Crippen LogP contribution in [0.1, 0.15) is 16.1 Å². The predicted octanol–water partition coefficient (Wildman–Crippen LogP) is 1.41. The van der Waals surface area contributed by atoms with Crippen molar-refractivity contribution in [3.63, 3.8) is 0 Å². The molecule has 4 nitrogen and oxygen atoms in total. The largest absolute Gasteiger partial charge is 0.464 e. The number of nitrogens with two attached hydrogens (primary N) is 1. The topological polar surface area (TPSA) is 68.1 Å². The summed E-state index contributed by atoms with van der Waals surface area (Å²) in [5, 5.41) is 0.973. The molecule has 0 bridgehead atoms. The molecule has 0 aliphatic heterocycles. The van der Waals surface area contributed by atoms with Crippen molar-refractivity contribution >= 4 is 16.9 Å². The number of ether oxygens (including phenoxy) is 1. The van der Waals surface area contributed by atoms with Gasteiger partial charge in [-0.05, 0) is 17.7 Å². The maximum absolute atomic E-state index is 11.3. The Morgan fingerprint density at radius 1 is 1.53 bits per heavy atom. The monoisotopic (exact) mass is 204 g/mol. The van der Waals surface area contributed by atoms with Crippen LogP contribution in [0, 0.1) is 0 Å². The zero-order chi connectivity index (χ0) is 10.8. The number of carbonyl (C=O) groups is 1. The van der Waals surface area contributed by atoms with Crippen molar-refractivity contribution in [3.8, 4) is 0 Å². The molecule has 0 aliphatic rings. The first-order valence-corrected chi connectivity index (χ1v) is 4.65. The highest BCUT2D eigenvalue weighted by Crippen LogP contribution is 2.19. The van der Waals surface area contributed by atoms with Crippen molar-refractivity contribution in [3.05, 3.63) is 35.5 Å². The highest BCUT2D eigenvalue weighted by Gasteiger charge is 2.10. The maximum atomic E-state index is 11.3. The van der Waals surface area contributed by atoms with Gasteiger partial charge < -0.3 is 15.5 Å². The minimum Gasteiger partial charge on any atom is -0.464 e. The summed E-state index contributed by atoms with van der Waals surface area (Å²) in [7, 11) is 1.36. The molecule has 2 rings (SSSR count). The van der Waals surface area contributed by atoms with E-state index in [2.05, 4.69) is 9.72 Å². The molecule has 2 aromatic rings. The lowest BCUT2D eigenvalue weighted by molar-refractivity contribution is 0.0595. The molecule has 1 heterocycles. The predicted molar refractivity (Wildman–Crippen MR) is 57.5 cm³/mol. The van der Waals surface area contributed by atoms with E-state index in [0.717, 1.165) is 16.5 Å². The van der Waals surface area contributed by atoms with Crippen molar-refractivity contribution in [2.24, 2.45) is 5.73 Å². The van der Waals surface area contributed by atoms with Gasteiger partial charge in [0.25, 0.3) is 0 Å². The number of hydrogen-bond acceptors (Lipinski definition) is 3. The Balaban J connectivity index is 2.60. The van der Waals surface area contributed by atoms with Gasteiger partial charge in [-0.25, -0.2) is 4.79 Å². The Morgan fingerprint density at radius 3 is 3.00 bits per heavy atom. The van der Waals surface area contributed by atoms with Gasteiger partial charge in [-0.3, -0.25) is 0 Å². The molecule has 15 heavy (non-hydrogen) atoms. The number of aromatic nitrogens is 1. The molecule has 1 aromatic heterocycles. The van der Waals surface area contributed by atoms with Crippen LogP contribution in [-0.2, 0) is 11.3 Å². The van der Waals surface area contributed by atoms with E-state index in [1.807, 2.05) is 18.2 Å². The lowest BCUT2D eigenvalue weighted by atomic mass is 10.1. The molecule has 4 heteroatoms. The highest BCUT2D eigenvalue weighted by molar-refractivity contribution is 5.95. The van der Waals surface area contributed by atoms with E-state index in [9.17, 15) is 4.79 Å². The van der Waals surface area contributed by atoms with Crippen molar-refractivity contribution in [1.29, 1.82) is 0 Å². The molecule has 0 spiro atoms. The minimum absolute atomic E-state index is 0.367. The molecule has 0 fully saturated rings. The molecule has 0 saturated carbocycles. The number of rotatable bonds is 2. The third-order valence-electron chi connectivity index (χ3n) is 2.38. The van der Waals surface area contributed by atoms with Gasteiger partial charge >= 0.3 is 5.97 Å². The Hall–Kier alpha value is -1.81. The van der Waals surface area contributed by atoms with Crippen LogP contribution in [0.15, 0.2) is 24.3 Å². The van der Waals surface area contributed by atoms with E-state index in [-0.39, 0.29) is 5.97 Å². The van der Waals surface area contributed by atoms with Gasteiger partial charge in [0.2, 0.25) is 0 Å². The smallest absolute Gasteiger partial charge is 0.354 e. The quantitative estimate of drug-likeness (QED) is 0.727. The number of aromatic amines is 1. The lowest BCUT2D eigenvalue weighted by Gasteiger charge is -1.96. The molecule has 0 radical (unpaired) electrons. The molecular formula is C11H12N2O2.